The summed E-state index contributed by atoms with van der Waals surface area (Å²) in [5.74, 6) is 0. The molecule has 0 amide bonds. The lowest BCUT2D eigenvalue weighted by molar-refractivity contribution is 0.0513. The lowest BCUT2D eigenvalue weighted by Gasteiger charge is -2.18. The van der Waals surface area contributed by atoms with Crippen molar-refractivity contribution < 1.29 is 22.1 Å². The van der Waals surface area contributed by atoms with Gasteiger partial charge in [-0.15, -0.1) is 0 Å². The Morgan fingerprint density at radius 2 is 2.00 bits per heavy atom. The molecule has 0 aromatic carbocycles. The Kier molecular flexibility index (Phi) is 4.36. The summed E-state index contributed by atoms with van der Waals surface area (Å²) < 4.78 is 32.9. The second kappa shape index (κ2) is 5.30. The number of aromatic nitrogens is 2. The molecule has 0 aliphatic carbocycles. The van der Waals surface area contributed by atoms with Crippen LogP contribution < -0.4 is 0 Å². The van der Waals surface area contributed by atoms with Gasteiger partial charge in [-0.3, -0.25) is 4.18 Å². The average Bonchev–Trinajstić information content (AvgIpc) is 2.60. The molecule has 0 radical (unpaired) electrons. The molecule has 0 saturated heterocycles. The van der Waals surface area contributed by atoms with Crippen LogP contribution in [0, 0.1) is 0 Å². The van der Waals surface area contributed by atoms with Gasteiger partial charge in [0.1, 0.15) is 11.7 Å². The maximum atomic E-state index is 11.7. The van der Waals surface area contributed by atoms with Gasteiger partial charge in [0.05, 0.1) is 11.9 Å². The molecule has 0 aliphatic rings. The third-order valence-corrected chi connectivity index (χ3v) is 2.56. The molecular formula is C11H18N2O5S. The highest BCUT2D eigenvalue weighted by Crippen LogP contribution is 2.17. The van der Waals surface area contributed by atoms with Crippen LogP contribution in [-0.4, -0.2) is 36.1 Å². The van der Waals surface area contributed by atoms with Crippen molar-refractivity contribution in [3.8, 4) is 0 Å². The maximum Gasteiger partial charge on any atom is 0.435 e. The molecule has 1 aromatic rings. The van der Waals surface area contributed by atoms with Crippen molar-refractivity contribution in [2.24, 2.45) is 0 Å². The van der Waals surface area contributed by atoms with E-state index in [0.29, 0.717) is 5.69 Å². The molecular weight excluding hydrogens is 272 g/mol. The molecule has 1 rings (SSSR count). The number of carbonyl (C=O) groups excluding carboxylic acids is 1. The van der Waals surface area contributed by atoms with Gasteiger partial charge in [-0.05, 0) is 33.8 Å². The van der Waals surface area contributed by atoms with Gasteiger partial charge >= 0.3 is 6.09 Å². The summed E-state index contributed by atoms with van der Waals surface area (Å²) in [5.41, 5.74) is -0.297. The molecule has 1 heterocycles. The van der Waals surface area contributed by atoms with Gasteiger partial charge in [-0.25, -0.2) is 4.79 Å². The van der Waals surface area contributed by atoms with Crippen LogP contribution in [0.1, 0.15) is 39.5 Å². The summed E-state index contributed by atoms with van der Waals surface area (Å²) in [6.07, 6.45) is 0.948. The van der Waals surface area contributed by atoms with Crippen molar-refractivity contribution >= 4 is 16.2 Å². The van der Waals surface area contributed by atoms with E-state index in [1.807, 2.05) is 0 Å². The Morgan fingerprint density at radius 1 is 1.42 bits per heavy atom. The molecule has 0 N–H and O–H groups in total. The molecule has 0 spiro atoms. The lowest BCUT2D eigenvalue weighted by Crippen LogP contribution is -2.27. The summed E-state index contributed by atoms with van der Waals surface area (Å²) in [4.78, 5) is 11.7. The molecule has 0 fully saturated rings. The predicted molar refractivity (Wildman–Crippen MR) is 68.2 cm³/mol. The molecule has 108 valence electrons. The number of nitrogens with zero attached hydrogens (tertiary/aromatic N) is 2. The van der Waals surface area contributed by atoms with E-state index in [1.165, 1.54) is 19.2 Å². The Balaban J connectivity index is 2.80. The summed E-state index contributed by atoms with van der Waals surface area (Å²) in [6.45, 7) is 6.75. The zero-order valence-corrected chi connectivity index (χ0v) is 12.4. The minimum absolute atomic E-state index is 0.330. The second-order valence-electron chi connectivity index (χ2n) is 5.11. The Hall–Kier alpha value is -1.41. The first-order valence-corrected chi connectivity index (χ1v) is 7.47. The standard InChI is InChI=1S/C11H18N2O5S/c1-8(18-19(5,15)16)9-6-7-13(12-9)10(14)17-11(2,3)4/h6-8H,1-5H3. The molecule has 19 heavy (non-hydrogen) atoms. The molecule has 1 atom stereocenters. The number of hydrogen-bond donors (Lipinski definition) is 0. The first-order chi connectivity index (χ1) is 8.48. The van der Waals surface area contributed by atoms with E-state index < -0.39 is 27.9 Å². The van der Waals surface area contributed by atoms with E-state index in [0.717, 1.165) is 10.9 Å². The van der Waals surface area contributed by atoms with Gasteiger partial charge in [-0.1, -0.05) is 0 Å². The first kappa shape index (κ1) is 15.6. The fourth-order valence-electron chi connectivity index (χ4n) is 1.28. The van der Waals surface area contributed by atoms with Crippen molar-refractivity contribution in [2.75, 3.05) is 6.26 Å². The molecule has 1 unspecified atom stereocenters. The van der Waals surface area contributed by atoms with Crippen LogP contribution in [0.3, 0.4) is 0 Å². The van der Waals surface area contributed by atoms with Crippen molar-refractivity contribution in [2.45, 2.75) is 39.4 Å². The molecule has 0 bridgehead atoms. The summed E-state index contributed by atoms with van der Waals surface area (Å²) in [5, 5.41) is 3.93. The Morgan fingerprint density at radius 3 is 2.47 bits per heavy atom. The first-order valence-electron chi connectivity index (χ1n) is 5.65. The van der Waals surface area contributed by atoms with Gasteiger partial charge in [0.2, 0.25) is 0 Å². The lowest BCUT2D eigenvalue weighted by atomic mass is 10.2. The van der Waals surface area contributed by atoms with E-state index in [-0.39, 0.29) is 0 Å². The van der Waals surface area contributed by atoms with Gasteiger partial charge in [0.15, 0.2) is 0 Å². The Labute approximate surface area is 112 Å². The predicted octanol–water partition coefficient (Wildman–Crippen LogP) is 1.70. The topological polar surface area (TPSA) is 87.5 Å². The highest BCUT2D eigenvalue weighted by atomic mass is 32.2. The zero-order valence-electron chi connectivity index (χ0n) is 11.6. The van der Waals surface area contributed by atoms with Gasteiger partial charge < -0.3 is 4.74 Å². The summed E-state index contributed by atoms with van der Waals surface area (Å²) in [6, 6.07) is 1.50. The van der Waals surface area contributed by atoms with Crippen LogP contribution in [-0.2, 0) is 19.0 Å². The van der Waals surface area contributed by atoms with Crippen molar-refractivity contribution in [1.29, 1.82) is 0 Å². The monoisotopic (exact) mass is 290 g/mol. The second-order valence-corrected chi connectivity index (χ2v) is 6.71. The highest BCUT2D eigenvalue weighted by molar-refractivity contribution is 7.86. The van der Waals surface area contributed by atoms with E-state index in [9.17, 15) is 13.2 Å². The minimum Gasteiger partial charge on any atom is -0.442 e. The molecule has 8 heteroatoms. The number of hydrogen-bond acceptors (Lipinski definition) is 6. The fourth-order valence-corrected chi connectivity index (χ4v) is 1.90. The highest BCUT2D eigenvalue weighted by Gasteiger charge is 2.20. The van der Waals surface area contributed by atoms with E-state index in [1.54, 1.807) is 20.8 Å². The third-order valence-electron chi connectivity index (χ3n) is 1.93. The van der Waals surface area contributed by atoms with Gasteiger partial charge in [-0.2, -0.15) is 18.2 Å². The summed E-state index contributed by atoms with van der Waals surface area (Å²) in [7, 11) is -3.58. The van der Waals surface area contributed by atoms with E-state index >= 15 is 0 Å². The molecule has 0 saturated carbocycles. The van der Waals surface area contributed by atoms with Crippen molar-refractivity contribution in [3.63, 3.8) is 0 Å². The van der Waals surface area contributed by atoms with Crippen LogP contribution >= 0.6 is 0 Å². The number of rotatable bonds is 3. The quantitative estimate of drug-likeness (QED) is 0.787. The average molecular weight is 290 g/mol. The van der Waals surface area contributed by atoms with Crippen LogP contribution in [0.5, 0.6) is 0 Å². The SMILES string of the molecule is CC(OS(C)(=O)=O)c1ccn(C(=O)OC(C)(C)C)n1. The number of carbonyl (C=O) groups is 1. The smallest absolute Gasteiger partial charge is 0.435 e. The number of ether oxygens (including phenoxy) is 1. The minimum atomic E-state index is -3.58. The van der Waals surface area contributed by atoms with Crippen LogP contribution in [0.25, 0.3) is 0 Å². The normalized spacial score (nSPS) is 14.2. The van der Waals surface area contributed by atoms with Crippen molar-refractivity contribution in [1.82, 2.24) is 9.78 Å². The van der Waals surface area contributed by atoms with Crippen molar-refractivity contribution in [3.05, 3.63) is 18.0 Å². The molecule has 1 aromatic heterocycles. The van der Waals surface area contributed by atoms with Crippen LogP contribution in [0.15, 0.2) is 12.3 Å². The van der Waals surface area contributed by atoms with Crippen LogP contribution in [0.4, 0.5) is 4.79 Å². The van der Waals surface area contributed by atoms with E-state index in [4.69, 9.17) is 8.92 Å². The fraction of sp³-hybridized carbons (Fsp3) is 0.636. The van der Waals surface area contributed by atoms with Gasteiger partial charge in [0.25, 0.3) is 10.1 Å². The Bertz CT molecular complexity index is 556. The maximum absolute atomic E-state index is 11.7. The third kappa shape index (κ3) is 5.39. The molecule has 7 nitrogen and oxygen atoms in total. The zero-order chi connectivity index (χ0) is 14.8. The van der Waals surface area contributed by atoms with Crippen LogP contribution in [0.2, 0.25) is 0 Å². The molecule has 0 aliphatic heterocycles. The van der Waals surface area contributed by atoms with E-state index in [2.05, 4.69) is 5.10 Å². The largest absolute Gasteiger partial charge is 0.442 e. The summed E-state index contributed by atoms with van der Waals surface area (Å²) >= 11 is 0. The van der Waals surface area contributed by atoms with Gasteiger partial charge in [0, 0.05) is 6.20 Å².